The Morgan fingerprint density at radius 2 is 1.21 bits per heavy atom. The Morgan fingerprint density at radius 3 is 1.73 bits per heavy atom. The first-order valence-electron chi connectivity index (χ1n) is 17.4. The van der Waals surface area contributed by atoms with E-state index in [-0.39, 0.29) is 37.1 Å². The molecular weight excluding hydrogens is 668 g/mol. The predicted molar refractivity (Wildman–Crippen MR) is 198 cm³/mol. The normalized spacial score (nSPS) is 12.8. The van der Waals surface area contributed by atoms with Crippen LogP contribution in [0.3, 0.4) is 0 Å². The fraction of sp³-hybridized carbons (Fsp3) is 0.538. The van der Waals surface area contributed by atoms with Gasteiger partial charge in [-0.2, -0.15) is 0 Å². The van der Waals surface area contributed by atoms with Crippen molar-refractivity contribution in [2.75, 3.05) is 0 Å². The molecular formula is C39H56N4O9. The molecule has 0 spiro atoms. The van der Waals surface area contributed by atoms with E-state index in [2.05, 4.69) is 20.9 Å². The zero-order valence-electron chi connectivity index (χ0n) is 32.4. The van der Waals surface area contributed by atoms with E-state index >= 15 is 0 Å². The molecule has 2 aromatic rings. The molecule has 13 nitrogen and oxygen atoms in total. The molecule has 2 atom stereocenters. The van der Waals surface area contributed by atoms with Crippen LogP contribution in [0.2, 0.25) is 0 Å². The Morgan fingerprint density at radius 1 is 0.692 bits per heavy atom. The molecule has 3 N–H and O–H groups in total. The van der Waals surface area contributed by atoms with Crippen LogP contribution in [0.1, 0.15) is 100 Å². The molecule has 0 saturated heterocycles. The second kappa shape index (κ2) is 19.1. The van der Waals surface area contributed by atoms with E-state index in [0.717, 1.165) is 11.1 Å². The van der Waals surface area contributed by atoms with E-state index < -0.39 is 53.0 Å². The van der Waals surface area contributed by atoms with Gasteiger partial charge in [-0.05, 0) is 104 Å². The average molecular weight is 725 g/mol. The molecule has 0 bridgehead atoms. The van der Waals surface area contributed by atoms with Crippen molar-refractivity contribution in [3.05, 3.63) is 65.7 Å². The Kier molecular flexibility index (Phi) is 15.8. The number of hydrogen-bond donors (Lipinski definition) is 3. The van der Waals surface area contributed by atoms with E-state index in [4.69, 9.17) is 18.9 Å². The third-order valence-corrected chi connectivity index (χ3v) is 6.86. The van der Waals surface area contributed by atoms with Gasteiger partial charge >= 0.3 is 24.2 Å². The molecule has 2 aromatic carbocycles. The van der Waals surface area contributed by atoms with Crippen molar-refractivity contribution in [2.45, 2.75) is 125 Å². The monoisotopic (exact) mass is 724 g/mol. The highest BCUT2D eigenvalue weighted by molar-refractivity contribution is 6.02. The maximum Gasteiger partial charge on any atom is 0.414 e. The molecule has 2 rings (SSSR count). The number of nitrogens with zero attached hydrogens (tertiary/aromatic N) is 1. The van der Waals surface area contributed by atoms with Gasteiger partial charge in [0.1, 0.15) is 23.4 Å². The van der Waals surface area contributed by atoms with Gasteiger partial charge in [-0.25, -0.2) is 19.4 Å². The lowest BCUT2D eigenvalue weighted by molar-refractivity contribution is -0.152. The molecule has 286 valence electrons. The number of nitrogens with one attached hydrogen (secondary N) is 3. The molecule has 13 heteroatoms. The molecule has 3 amide bonds. The van der Waals surface area contributed by atoms with Gasteiger partial charge in [-0.3, -0.25) is 20.2 Å². The smallest absolute Gasteiger partial charge is 0.414 e. The number of rotatable bonds is 12. The number of benzene rings is 2. The number of guanidine groups is 1. The highest BCUT2D eigenvalue weighted by Gasteiger charge is 2.31. The van der Waals surface area contributed by atoms with Crippen LogP contribution in [0.4, 0.5) is 20.1 Å². The van der Waals surface area contributed by atoms with E-state index in [0.29, 0.717) is 12.1 Å². The minimum atomic E-state index is -0.884. The van der Waals surface area contributed by atoms with Gasteiger partial charge in [0.2, 0.25) is 5.96 Å². The summed E-state index contributed by atoms with van der Waals surface area (Å²) in [7, 11) is 0. The highest BCUT2D eigenvalue weighted by atomic mass is 16.6. The predicted octanol–water partition coefficient (Wildman–Crippen LogP) is 7.52. The summed E-state index contributed by atoms with van der Waals surface area (Å²) in [6, 6.07) is 15.3. The van der Waals surface area contributed by atoms with Gasteiger partial charge < -0.3 is 24.3 Å². The van der Waals surface area contributed by atoms with Crippen LogP contribution in [0, 0.1) is 11.8 Å². The summed E-state index contributed by atoms with van der Waals surface area (Å²) >= 11 is 0. The summed E-state index contributed by atoms with van der Waals surface area (Å²) in [5.74, 6) is -2.19. The zero-order valence-corrected chi connectivity index (χ0v) is 32.4. The van der Waals surface area contributed by atoms with Crippen LogP contribution in [-0.4, -0.2) is 58.8 Å². The number of hydrogen-bond acceptors (Lipinski definition) is 10. The average Bonchev–Trinajstić information content (AvgIpc) is 2.98. The van der Waals surface area contributed by atoms with Crippen molar-refractivity contribution in [3.63, 3.8) is 0 Å². The summed E-state index contributed by atoms with van der Waals surface area (Å²) < 4.78 is 21.7. The SMILES string of the molecule is CC(C)[C@H](NC(=O)OC(C)(C)C)C(=O)CC(CCc1cccc(N=C(NC(=O)OC(C)(C)C)NC(=O)OC(C)(C)C)c1)C(=O)OCc1ccccc1. The highest BCUT2D eigenvalue weighted by Crippen LogP contribution is 2.22. The van der Waals surface area contributed by atoms with E-state index in [1.807, 2.05) is 36.4 Å². The topological polar surface area (TPSA) is 171 Å². The lowest BCUT2D eigenvalue weighted by Gasteiger charge is -2.26. The van der Waals surface area contributed by atoms with Crippen LogP contribution in [0.5, 0.6) is 0 Å². The van der Waals surface area contributed by atoms with Crippen molar-refractivity contribution >= 4 is 41.7 Å². The standard InChI is InChI=1S/C39H56N4O9/c1-25(2)31(41-34(46)50-37(3,4)5)30(44)23-28(32(45)49-24-27-16-13-12-14-17-27)21-20-26-18-15-19-29(22-26)40-33(42-35(47)51-38(6,7)8)43-36(48)52-39(9,10)11/h12-19,22,25,28,31H,20-21,23-24H2,1-11H3,(H,41,46)(H2,40,42,43,47,48)/t28?,31-/m0/s1. The number of esters is 1. The van der Waals surface area contributed by atoms with Gasteiger partial charge in [0, 0.05) is 6.42 Å². The minimum absolute atomic E-state index is 0.0381. The van der Waals surface area contributed by atoms with Gasteiger partial charge in [0.15, 0.2) is 5.78 Å². The first-order valence-corrected chi connectivity index (χ1v) is 17.4. The second-order valence-electron chi connectivity index (χ2n) is 15.8. The molecule has 1 unspecified atom stereocenters. The lowest BCUT2D eigenvalue weighted by Crippen LogP contribution is -2.47. The number of alkyl carbamates (subject to hydrolysis) is 3. The second-order valence-corrected chi connectivity index (χ2v) is 15.8. The number of carbonyl (C=O) groups excluding carboxylic acids is 5. The number of ether oxygens (including phenoxy) is 4. The van der Waals surface area contributed by atoms with E-state index in [9.17, 15) is 24.0 Å². The molecule has 0 heterocycles. The molecule has 0 radical (unpaired) electrons. The Labute approximate surface area is 307 Å². The molecule has 0 aliphatic heterocycles. The van der Waals surface area contributed by atoms with Crippen LogP contribution < -0.4 is 16.0 Å². The summed E-state index contributed by atoms with van der Waals surface area (Å²) in [5, 5.41) is 7.59. The summed E-state index contributed by atoms with van der Waals surface area (Å²) in [5.41, 5.74) is -0.426. The molecule has 52 heavy (non-hydrogen) atoms. The third-order valence-electron chi connectivity index (χ3n) is 6.86. The van der Waals surface area contributed by atoms with Crippen molar-refractivity contribution in [1.29, 1.82) is 0 Å². The van der Waals surface area contributed by atoms with Gasteiger partial charge in [-0.15, -0.1) is 0 Å². The number of aliphatic imine (C=N–C) groups is 1. The van der Waals surface area contributed by atoms with Crippen LogP contribution in [0.25, 0.3) is 0 Å². The summed E-state index contributed by atoms with van der Waals surface area (Å²) in [6.45, 7) is 19.0. The zero-order chi connectivity index (χ0) is 39.3. The maximum atomic E-state index is 13.6. The molecule has 0 aliphatic carbocycles. The number of carbonyl (C=O) groups is 5. The molecule has 0 fully saturated rings. The third kappa shape index (κ3) is 17.8. The van der Waals surface area contributed by atoms with E-state index in [1.165, 1.54) is 0 Å². The fourth-order valence-corrected chi connectivity index (χ4v) is 4.71. The summed E-state index contributed by atoms with van der Waals surface area (Å²) in [6.07, 6.45) is -1.97. The summed E-state index contributed by atoms with van der Waals surface area (Å²) in [4.78, 5) is 69.2. The number of aryl methyl sites for hydroxylation is 1. The number of amides is 3. The largest absolute Gasteiger partial charge is 0.461 e. The first-order chi connectivity index (χ1) is 24.0. The van der Waals surface area contributed by atoms with Crippen LogP contribution in [-0.2, 0) is 41.6 Å². The van der Waals surface area contributed by atoms with E-state index in [1.54, 1.807) is 94.4 Å². The number of Topliss-reactive ketones (excluding diaryl/α,β-unsaturated/α-hetero) is 1. The fourth-order valence-electron chi connectivity index (χ4n) is 4.71. The lowest BCUT2D eigenvalue weighted by atomic mass is 9.89. The molecule has 0 aliphatic rings. The Bertz CT molecular complexity index is 1520. The van der Waals surface area contributed by atoms with Crippen LogP contribution in [0.15, 0.2) is 59.6 Å². The Hall–Kier alpha value is -4.94. The maximum absolute atomic E-state index is 13.6. The Balaban J connectivity index is 2.33. The first kappa shape index (κ1) is 43.2. The molecule has 0 saturated carbocycles. The molecule has 0 aromatic heterocycles. The van der Waals surface area contributed by atoms with Gasteiger partial charge in [-0.1, -0.05) is 56.3 Å². The van der Waals surface area contributed by atoms with Gasteiger partial charge in [0.05, 0.1) is 17.6 Å². The van der Waals surface area contributed by atoms with Gasteiger partial charge in [0.25, 0.3) is 0 Å². The van der Waals surface area contributed by atoms with Crippen molar-refractivity contribution in [1.82, 2.24) is 16.0 Å². The van der Waals surface area contributed by atoms with Crippen molar-refractivity contribution in [2.24, 2.45) is 16.8 Å². The number of ketones is 1. The quantitative estimate of drug-likeness (QED) is 0.0867. The van der Waals surface area contributed by atoms with Crippen molar-refractivity contribution < 1.29 is 42.9 Å². The van der Waals surface area contributed by atoms with Crippen LogP contribution >= 0.6 is 0 Å². The minimum Gasteiger partial charge on any atom is -0.461 e. The van der Waals surface area contributed by atoms with Crippen molar-refractivity contribution in [3.8, 4) is 0 Å².